The molecule has 1 aliphatic rings. The van der Waals surface area contributed by atoms with Gasteiger partial charge in [-0.15, -0.1) is 0 Å². The van der Waals surface area contributed by atoms with E-state index in [1.54, 1.807) is 18.0 Å². The van der Waals surface area contributed by atoms with Crippen LogP contribution in [0.4, 0.5) is 4.79 Å². The molecule has 0 radical (unpaired) electrons. The molecule has 1 amide bonds. The third-order valence-electron chi connectivity index (χ3n) is 5.21. The van der Waals surface area contributed by atoms with Crippen LogP contribution >= 0.6 is 0 Å². The van der Waals surface area contributed by atoms with Gasteiger partial charge in [0.25, 0.3) is 5.56 Å². The lowest BCUT2D eigenvalue weighted by Crippen LogP contribution is -2.33. The number of nitrogens with zero attached hydrogens (tertiary/aromatic N) is 1. The average molecular weight is 402 g/mol. The zero-order valence-corrected chi connectivity index (χ0v) is 17.8. The average Bonchev–Trinajstić information content (AvgIpc) is 3.13. The largest absolute Gasteiger partial charge is 0.444 e. The first-order valence-corrected chi connectivity index (χ1v) is 10.1. The lowest BCUT2D eigenvalue weighted by atomic mass is 9.92. The first-order valence-electron chi connectivity index (χ1n) is 10.1. The molecule has 2 heterocycles. The van der Waals surface area contributed by atoms with Crippen LogP contribution in [0.25, 0.3) is 22.3 Å². The summed E-state index contributed by atoms with van der Waals surface area (Å²) in [6, 6.07) is 16.3. The van der Waals surface area contributed by atoms with E-state index in [4.69, 9.17) is 4.74 Å². The lowest BCUT2D eigenvalue weighted by molar-refractivity contribution is 0.0242. The van der Waals surface area contributed by atoms with Crippen molar-refractivity contribution < 1.29 is 9.53 Å². The summed E-state index contributed by atoms with van der Waals surface area (Å²) in [7, 11) is 0. The van der Waals surface area contributed by atoms with Gasteiger partial charge in [-0.05, 0) is 79.3 Å². The van der Waals surface area contributed by atoms with E-state index in [1.165, 1.54) is 0 Å². The summed E-state index contributed by atoms with van der Waals surface area (Å²) in [5.74, 6) is 0. The second-order valence-corrected chi connectivity index (χ2v) is 8.76. The number of carbonyl (C=O) groups is 1. The maximum absolute atomic E-state index is 12.7. The monoisotopic (exact) mass is 402 g/mol. The van der Waals surface area contributed by atoms with Crippen molar-refractivity contribution in [2.45, 2.75) is 46.4 Å². The number of fused-ring (bicyclic) bond motifs is 1. The Morgan fingerprint density at radius 3 is 2.40 bits per heavy atom. The van der Waals surface area contributed by atoms with Gasteiger partial charge in [0.05, 0.1) is 6.54 Å². The lowest BCUT2D eigenvalue weighted by Gasteiger charge is -2.24. The number of pyridine rings is 1. The van der Waals surface area contributed by atoms with Crippen molar-refractivity contribution in [1.82, 2.24) is 9.88 Å². The van der Waals surface area contributed by atoms with Crippen LogP contribution in [0, 0.1) is 6.92 Å². The Balaban J connectivity index is 1.79. The van der Waals surface area contributed by atoms with Crippen LogP contribution in [0.1, 0.15) is 37.5 Å². The molecule has 0 saturated heterocycles. The van der Waals surface area contributed by atoms with Crippen LogP contribution < -0.4 is 5.56 Å². The van der Waals surface area contributed by atoms with E-state index >= 15 is 0 Å². The number of aromatic amines is 1. The molecule has 0 unspecified atom stereocenters. The van der Waals surface area contributed by atoms with Gasteiger partial charge in [0.15, 0.2) is 0 Å². The molecule has 0 saturated carbocycles. The molecule has 5 nitrogen and oxygen atoms in total. The van der Waals surface area contributed by atoms with E-state index in [0.29, 0.717) is 18.7 Å². The molecule has 154 valence electrons. The van der Waals surface area contributed by atoms with Gasteiger partial charge in [-0.2, -0.15) is 0 Å². The topological polar surface area (TPSA) is 62.4 Å². The molecule has 30 heavy (non-hydrogen) atoms. The van der Waals surface area contributed by atoms with Crippen molar-refractivity contribution in [3.8, 4) is 22.3 Å². The highest BCUT2D eigenvalue weighted by atomic mass is 16.6. The van der Waals surface area contributed by atoms with Crippen molar-refractivity contribution >= 4 is 6.09 Å². The molecule has 0 fully saturated rings. The van der Waals surface area contributed by atoms with Gasteiger partial charge in [0, 0.05) is 18.3 Å². The fraction of sp³-hybridized carbons (Fsp3) is 0.280. The molecule has 1 aliphatic heterocycles. The Labute approximate surface area is 176 Å². The quantitative estimate of drug-likeness (QED) is 0.635. The summed E-state index contributed by atoms with van der Waals surface area (Å²) in [6.45, 7) is 8.44. The van der Waals surface area contributed by atoms with Crippen molar-refractivity contribution in [3.05, 3.63) is 81.8 Å². The maximum atomic E-state index is 12.7. The second kappa shape index (κ2) is 7.48. The second-order valence-electron chi connectivity index (χ2n) is 8.76. The number of hydrogen-bond acceptors (Lipinski definition) is 3. The SMILES string of the molecule is Cc1cc(-c2cc3c(c(-c4ccccc4)c2)CN(C(=O)OC(C)(C)C)C3)c[nH]c1=O. The number of aryl methyl sites for hydroxylation is 1. The number of carbonyl (C=O) groups excluding carboxylic acids is 1. The van der Waals surface area contributed by atoms with Crippen LogP contribution in [-0.2, 0) is 17.8 Å². The third-order valence-corrected chi connectivity index (χ3v) is 5.21. The van der Waals surface area contributed by atoms with Gasteiger partial charge in [-0.3, -0.25) is 9.69 Å². The normalized spacial score (nSPS) is 13.3. The van der Waals surface area contributed by atoms with Crippen molar-refractivity contribution in [1.29, 1.82) is 0 Å². The summed E-state index contributed by atoms with van der Waals surface area (Å²) >= 11 is 0. The first kappa shape index (κ1) is 20.0. The molecule has 4 rings (SSSR count). The van der Waals surface area contributed by atoms with E-state index < -0.39 is 5.60 Å². The Bertz CT molecular complexity index is 1160. The van der Waals surface area contributed by atoms with Gasteiger partial charge in [0.1, 0.15) is 5.60 Å². The molecule has 1 N–H and O–H groups in total. The highest BCUT2D eigenvalue weighted by Crippen LogP contribution is 2.37. The fourth-order valence-electron chi connectivity index (χ4n) is 3.77. The van der Waals surface area contributed by atoms with Crippen LogP contribution in [0.3, 0.4) is 0 Å². The molecule has 5 heteroatoms. The summed E-state index contributed by atoms with van der Waals surface area (Å²) < 4.78 is 5.59. The summed E-state index contributed by atoms with van der Waals surface area (Å²) in [6.07, 6.45) is 1.44. The third kappa shape index (κ3) is 4.01. The molecular weight excluding hydrogens is 376 g/mol. The Kier molecular flexibility index (Phi) is 4.98. The van der Waals surface area contributed by atoms with E-state index in [0.717, 1.165) is 33.4 Å². The molecule has 0 atom stereocenters. The molecule has 2 aromatic carbocycles. The minimum absolute atomic E-state index is 0.0840. The van der Waals surface area contributed by atoms with E-state index in [-0.39, 0.29) is 11.7 Å². The minimum atomic E-state index is -0.535. The number of nitrogens with one attached hydrogen (secondary N) is 1. The van der Waals surface area contributed by atoms with Gasteiger partial charge >= 0.3 is 6.09 Å². The number of H-pyrrole nitrogens is 1. The van der Waals surface area contributed by atoms with E-state index in [1.807, 2.05) is 45.0 Å². The van der Waals surface area contributed by atoms with Gasteiger partial charge in [-0.25, -0.2) is 4.79 Å². The predicted octanol–water partition coefficient (Wildman–Crippen LogP) is 5.27. The van der Waals surface area contributed by atoms with Crippen molar-refractivity contribution in [3.63, 3.8) is 0 Å². The number of hydrogen-bond donors (Lipinski definition) is 1. The van der Waals surface area contributed by atoms with Crippen LogP contribution in [0.5, 0.6) is 0 Å². The predicted molar refractivity (Wildman–Crippen MR) is 118 cm³/mol. The number of ether oxygens (including phenoxy) is 1. The molecule has 1 aromatic heterocycles. The van der Waals surface area contributed by atoms with Gasteiger partial charge < -0.3 is 9.72 Å². The molecule has 0 bridgehead atoms. The van der Waals surface area contributed by atoms with Crippen molar-refractivity contribution in [2.24, 2.45) is 0 Å². The van der Waals surface area contributed by atoms with E-state index in [2.05, 4.69) is 29.2 Å². The zero-order chi connectivity index (χ0) is 21.5. The number of benzene rings is 2. The van der Waals surface area contributed by atoms with Crippen LogP contribution in [-0.4, -0.2) is 21.6 Å². The Hall–Kier alpha value is -3.34. The minimum Gasteiger partial charge on any atom is -0.444 e. The van der Waals surface area contributed by atoms with Gasteiger partial charge in [0.2, 0.25) is 0 Å². The fourth-order valence-corrected chi connectivity index (χ4v) is 3.77. The highest BCUT2D eigenvalue weighted by Gasteiger charge is 2.30. The van der Waals surface area contributed by atoms with Gasteiger partial charge in [-0.1, -0.05) is 30.3 Å². The summed E-state index contributed by atoms with van der Waals surface area (Å²) in [4.78, 5) is 29.0. The standard InChI is InChI=1S/C25H26N2O3/c1-16-10-19(13-26-23(16)28)18-11-20-14-27(24(29)30-25(2,3)4)15-22(20)21(12-18)17-8-6-5-7-9-17/h5-13H,14-15H2,1-4H3,(H,26,28). The Morgan fingerprint density at radius 2 is 1.73 bits per heavy atom. The smallest absolute Gasteiger partial charge is 0.410 e. The van der Waals surface area contributed by atoms with E-state index in [9.17, 15) is 9.59 Å². The number of rotatable bonds is 2. The molecular formula is C25H26N2O3. The zero-order valence-electron chi connectivity index (χ0n) is 17.8. The highest BCUT2D eigenvalue weighted by molar-refractivity contribution is 5.79. The Morgan fingerprint density at radius 1 is 1.00 bits per heavy atom. The maximum Gasteiger partial charge on any atom is 0.410 e. The summed E-state index contributed by atoms with van der Waals surface area (Å²) in [5.41, 5.74) is 6.44. The number of aromatic nitrogens is 1. The molecule has 3 aromatic rings. The van der Waals surface area contributed by atoms with Crippen LogP contribution in [0.2, 0.25) is 0 Å². The number of amides is 1. The molecule has 0 spiro atoms. The molecule has 0 aliphatic carbocycles. The summed E-state index contributed by atoms with van der Waals surface area (Å²) in [5, 5.41) is 0. The van der Waals surface area contributed by atoms with Crippen molar-refractivity contribution in [2.75, 3.05) is 0 Å². The first-order chi connectivity index (χ1) is 14.2. The van der Waals surface area contributed by atoms with Crippen LogP contribution in [0.15, 0.2) is 59.5 Å².